The van der Waals surface area contributed by atoms with E-state index in [2.05, 4.69) is 17.4 Å². The lowest BCUT2D eigenvalue weighted by Crippen LogP contribution is -2.11. The molecule has 3 heteroatoms. The van der Waals surface area contributed by atoms with Crippen molar-refractivity contribution in [2.45, 2.75) is 20.0 Å². The molecule has 0 aromatic rings. The second-order valence-electron chi connectivity index (χ2n) is 1.68. The summed E-state index contributed by atoms with van der Waals surface area (Å²) in [6.45, 7) is 3.59. The van der Waals surface area contributed by atoms with Crippen molar-refractivity contribution in [3.8, 4) is 0 Å². The zero-order chi connectivity index (χ0) is 6.57. The molecule has 0 N–H and O–H groups in total. The first kappa shape index (κ1) is 7.82. The predicted molar refractivity (Wildman–Crippen MR) is 33.7 cm³/mol. The van der Waals surface area contributed by atoms with Gasteiger partial charge < -0.3 is 4.74 Å². The summed E-state index contributed by atoms with van der Waals surface area (Å²) in [5.74, 6) is -0.256. The number of ether oxygens (including phenoxy) is 1. The summed E-state index contributed by atoms with van der Waals surface area (Å²) in [6.07, 6.45) is -0.0366. The Labute approximate surface area is 54.6 Å². The van der Waals surface area contributed by atoms with Crippen LogP contribution in [0.2, 0.25) is 0 Å². The molecule has 0 aromatic heterocycles. The highest BCUT2D eigenvalue weighted by Crippen LogP contribution is 1.89. The van der Waals surface area contributed by atoms with E-state index in [9.17, 15) is 4.79 Å². The fraction of sp³-hybridized carbons (Fsp3) is 0.800. The highest BCUT2D eigenvalue weighted by Gasteiger charge is 2.00. The van der Waals surface area contributed by atoms with Crippen molar-refractivity contribution in [1.82, 2.24) is 0 Å². The largest absolute Gasteiger partial charge is 0.462 e. The Morgan fingerprint density at radius 3 is 2.38 bits per heavy atom. The molecule has 0 saturated carbocycles. The number of carbonyl (C=O) groups excluding carboxylic acids is 1. The lowest BCUT2D eigenvalue weighted by atomic mass is 10.5. The summed E-state index contributed by atoms with van der Waals surface area (Å²) in [4.78, 5) is 10.3. The SMILES string of the molecule is CC(C)OC(=O)C[S]. The maximum atomic E-state index is 10.3. The summed E-state index contributed by atoms with van der Waals surface area (Å²) < 4.78 is 4.66. The third-order valence-corrected chi connectivity index (χ3v) is 0.721. The lowest BCUT2D eigenvalue weighted by Gasteiger charge is -2.03. The van der Waals surface area contributed by atoms with E-state index >= 15 is 0 Å². The molecular formula is C5H9O2S. The summed E-state index contributed by atoms with van der Waals surface area (Å²) in [7, 11) is 0. The molecule has 0 spiro atoms. The van der Waals surface area contributed by atoms with Gasteiger partial charge in [-0.15, -0.1) is 0 Å². The van der Waals surface area contributed by atoms with Gasteiger partial charge in [-0.05, 0) is 13.8 Å². The molecule has 0 heterocycles. The second-order valence-corrected chi connectivity index (χ2v) is 1.97. The molecule has 2 nitrogen and oxygen atoms in total. The average molecular weight is 133 g/mol. The van der Waals surface area contributed by atoms with Crippen molar-refractivity contribution < 1.29 is 9.53 Å². The molecule has 0 bridgehead atoms. The third-order valence-electron chi connectivity index (χ3n) is 0.485. The lowest BCUT2D eigenvalue weighted by molar-refractivity contribution is -0.143. The second kappa shape index (κ2) is 3.78. The van der Waals surface area contributed by atoms with Gasteiger partial charge in [0.15, 0.2) is 0 Å². The summed E-state index contributed by atoms with van der Waals surface area (Å²) in [5, 5.41) is 0. The van der Waals surface area contributed by atoms with Crippen molar-refractivity contribution in [1.29, 1.82) is 0 Å². The molecule has 0 aliphatic rings. The predicted octanol–water partition coefficient (Wildman–Crippen LogP) is 1.14. The normalized spacial score (nSPS) is 9.50. The van der Waals surface area contributed by atoms with Crippen LogP contribution in [0.5, 0.6) is 0 Å². The van der Waals surface area contributed by atoms with E-state index < -0.39 is 0 Å². The Balaban J connectivity index is 3.25. The van der Waals surface area contributed by atoms with E-state index in [4.69, 9.17) is 0 Å². The quantitative estimate of drug-likeness (QED) is 0.528. The molecule has 0 amide bonds. The van der Waals surface area contributed by atoms with Crippen LogP contribution in [0, 0.1) is 0 Å². The van der Waals surface area contributed by atoms with Crippen LogP contribution in [0.15, 0.2) is 0 Å². The van der Waals surface area contributed by atoms with Crippen LogP contribution in [-0.4, -0.2) is 17.8 Å². The van der Waals surface area contributed by atoms with E-state index in [1.54, 1.807) is 13.8 Å². The maximum Gasteiger partial charge on any atom is 0.317 e. The van der Waals surface area contributed by atoms with Crippen LogP contribution in [0.1, 0.15) is 13.8 Å². The van der Waals surface area contributed by atoms with E-state index in [1.807, 2.05) is 0 Å². The zero-order valence-corrected chi connectivity index (χ0v) is 5.83. The minimum atomic E-state index is -0.310. The van der Waals surface area contributed by atoms with Gasteiger partial charge in [-0.2, -0.15) is 0 Å². The first-order valence-corrected chi connectivity index (χ1v) is 3.02. The van der Waals surface area contributed by atoms with Gasteiger partial charge in [0.2, 0.25) is 0 Å². The van der Waals surface area contributed by atoms with Crippen LogP contribution in [0.25, 0.3) is 0 Å². The Morgan fingerprint density at radius 1 is 1.75 bits per heavy atom. The standard InChI is InChI=1S/C5H9O2S/c1-4(2)7-5(6)3-8/h4H,3H2,1-2H3. The molecular weight excluding hydrogens is 124 g/mol. The number of carbonyl (C=O) groups is 1. The van der Waals surface area contributed by atoms with E-state index in [0.29, 0.717) is 0 Å². The van der Waals surface area contributed by atoms with Gasteiger partial charge >= 0.3 is 5.97 Å². The van der Waals surface area contributed by atoms with E-state index in [1.165, 1.54) is 0 Å². The Morgan fingerprint density at radius 2 is 2.25 bits per heavy atom. The molecule has 0 saturated heterocycles. The van der Waals surface area contributed by atoms with Crippen LogP contribution < -0.4 is 0 Å². The highest BCUT2D eigenvalue weighted by atomic mass is 32.1. The topological polar surface area (TPSA) is 26.3 Å². The molecule has 8 heavy (non-hydrogen) atoms. The monoisotopic (exact) mass is 133 g/mol. The Bertz CT molecular complexity index is 80.5. The first-order valence-electron chi connectivity index (χ1n) is 2.44. The molecule has 0 rings (SSSR count). The van der Waals surface area contributed by atoms with Gasteiger partial charge in [0.1, 0.15) is 5.75 Å². The first-order chi connectivity index (χ1) is 3.66. The Hall–Kier alpha value is -0.180. The summed E-state index contributed by atoms with van der Waals surface area (Å²) in [6, 6.07) is 0. The smallest absolute Gasteiger partial charge is 0.317 e. The molecule has 0 aliphatic carbocycles. The molecule has 0 unspecified atom stereocenters. The maximum absolute atomic E-state index is 10.3. The van der Waals surface area contributed by atoms with Crippen molar-refractivity contribution in [2.75, 3.05) is 5.75 Å². The van der Waals surface area contributed by atoms with Crippen LogP contribution in [0.3, 0.4) is 0 Å². The van der Waals surface area contributed by atoms with E-state index in [0.717, 1.165) is 0 Å². The van der Waals surface area contributed by atoms with Gasteiger partial charge in [0.25, 0.3) is 0 Å². The molecule has 0 fully saturated rings. The molecule has 1 radical (unpaired) electrons. The summed E-state index contributed by atoms with van der Waals surface area (Å²) >= 11 is 4.42. The minimum absolute atomic E-state index is 0.0366. The van der Waals surface area contributed by atoms with Gasteiger partial charge in [-0.1, -0.05) is 12.6 Å². The third kappa shape index (κ3) is 3.99. The van der Waals surface area contributed by atoms with Crippen LogP contribution in [0.4, 0.5) is 0 Å². The van der Waals surface area contributed by atoms with Gasteiger partial charge in [0.05, 0.1) is 6.10 Å². The zero-order valence-electron chi connectivity index (χ0n) is 5.01. The van der Waals surface area contributed by atoms with Gasteiger partial charge in [-0.25, -0.2) is 0 Å². The summed E-state index contributed by atoms with van der Waals surface area (Å²) in [5.41, 5.74) is 0. The highest BCUT2D eigenvalue weighted by molar-refractivity contribution is 7.81. The fourth-order valence-electron chi connectivity index (χ4n) is 0.297. The number of esters is 1. The van der Waals surface area contributed by atoms with Crippen molar-refractivity contribution in [3.05, 3.63) is 0 Å². The van der Waals surface area contributed by atoms with Crippen LogP contribution >= 0.6 is 12.6 Å². The van der Waals surface area contributed by atoms with Gasteiger partial charge in [0, 0.05) is 0 Å². The van der Waals surface area contributed by atoms with Crippen LogP contribution in [-0.2, 0) is 9.53 Å². The average Bonchev–Trinajstić information content (AvgIpc) is 1.65. The number of rotatable bonds is 2. The number of hydrogen-bond donors (Lipinski definition) is 0. The Kier molecular flexibility index (Phi) is 3.69. The van der Waals surface area contributed by atoms with Crippen molar-refractivity contribution >= 4 is 18.6 Å². The fourth-order valence-corrected chi connectivity index (χ4v) is 0.365. The minimum Gasteiger partial charge on any atom is -0.462 e. The molecule has 0 atom stereocenters. The molecule has 0 aliphatic heterocycles. The molecule has 0 aromatic carbocycles. The molecule has 47 valence electrons. The van der Waals surface area contributed by atoms with Crippen molar-refractivity contribution in [3.63, 3.8) is 0 Å². The number of hydrogen-bond acceptors (Lipinski definition) is 2. The van der Waals surface area contributed by atoms with Crippen molar-refractivity contribution in [2.24, 2.45) is 0 Å². The van der Waals surface area contributed by atoms with Gasteiger partial charge in [-0.3, -0.25) is 4.79 Å². The van der Waals surface area contributed by atoms with E-state index in [-0.39, 0.29) is 17.8 Å².